The monoisotopic (exact) mass is 658 g/mol. The molecule has 9 nitrogen and oxygen atoms in total. The maximum absolute atomic E-state index is 13.7. The van der Waals surface area contributed by atoms with Crippen molar-refractivity contribution in [2.75, 3.05) is 0 Å². The molecule has 5 aromatic rings. The summed E-state index contributed by atoms with van der Waals surface area (Å²) in [5.41, 5.74) is -0.610. The Morgan fingerprint density at radius 1 is 0.978 bits per heavy atom. The summed E-state index contributed by atoms with van der Waals surface area (Å²) in [7, 11) is -4.33. The molecule has 0 fully saturated rings. The van der Waals surface area contributed by atoms with Crippen molar-refractivity contribution in [2.24, 2.45) is 0 Å². The Morgan fingerprint density at radius 3 is 2.33 bits per heavy atom. The average molecular weight is 659 g/mol. The Balaban J connectivity index is 1.45. The molecule has 0 saturated carbocycles. The number of halogens is 4. The number of amides is 1. The maximum atomic E-state index is 13.7. The van der Waals surface area contributed by atoms with E-state index in [0.717, 1.165) is 17.2 Å². The predicted molar refractivity (Wildman–Crippen MR) is 161 cm³/mol. The van der Waals surface area contributed by atoms with Gasteiger partial charge in [-0.15, -0.1) is 5.10 Å². The Kier molecular flexibility index (Phi) is 9.03. The minimum Gasteiger partial charge on any atom is -0.440 e. The number of nitrogens with one attached hydrogen (secondary N) is 1. The second-order valence-electron chi connectivity index (χ2n) is 10.0. The van der Waals surface area contributed by atoms with Crippen molar-refractivity contribution in [3.63, 3.8) is 0 Å². The Morgan fingerprint density at radius 2 is 1.67 bits per heavy atom. The molecule has 2 heterocycles. The van der Waals surface area contributed by atoms with E-state index in [-0.39, 0.29) is 28.1 Å². The number of hydrogen-bond donors (Lipinski definition) is 1. The summed E-state index contributed by atoms with van der Waals surface area (Å²) in [6.07, 6.45) is -2.84. The van der Waals surface area contributed by atoms with Gasteiger partial charge in [0.15, 0.2) is 11.0 Å². The van der Waals surface area contributed by atoms with E-state index in [0.29, 0.717) is 35.4 Å². The molecule has 5 rings (SSSR count). The molecule has 0 aliphatic carbocycles. The minimum absolute atomic E-state index is 0.0219. The molecule has 0 radical (unpaired) electrons. The number of aromatic nitrogens is 3. The SMILES string of the molecule is CCCCc1nn(-c2ccccc2C(F)(F)F)c(=O)n1Cc1ccc(-c2ccccc2S(=O)(=O)NC(=O)c2ccc(Cl)o2)cc1. The summed E-state index contributed by atoms with van der Waals surface area (Å²) in [4.78, 5) is 25.8. The standard InChI is InChI=1S/C31H26ClF3N4O5S/c1-2-3-12-28-36-39(24-10-6-5-9-23(24)31(33,34)35)30(41)38(28)19-20-13-15-21(16-14-20)22-8-4-7-11-26(22)45(42,43)37-29(40)25-17-18-27(32)44-25/h4-11,13-18H,2-3,12,19H2,1H3,(H,37,40). The first-order valence-corrected chi connectivity index (χ1v) is 15.6. The molecule has 45 heavy (non-hydrogen) atoms. The molecular formula is C31H26ClF3N4O5S. The van der Waals surface area contributed by atoms with Crippen molar-refractivity contribution in [1.29, 1.82) is 0 Å². The van der Waals surface area contributed by atoms with Gasteiger partial charge in [0.05, 0.1) is 22.7 Å². The Hall–Kier alpha value is -4.62. The fourth-order valence-electron chi connectivity index (χ4n) is 4.75. The van der Waals surface area contributed by atoms with Crippen LogP contribution in [-0.4, -0.2) is 28.7 Å². The average Bonchev–Trinajstić information content (AvgIpc) is 3.58. The third-order valence-electron chi connectivity index (χ3n) is 6.94. The summed E-state index contributed by atoms with van der Waals surface area (Å²) < 4.78 is 76.6. The number of alkyl halides is 3. The maximum Gasteiger partial charge on any atom is 0.418 e. The van der Waals surface area contributed by atoms with Gasteiger partial charge in [0.25, 0.3) is 10.0 Å². The van der Waals surface area contributed by atoms with Crippen molar-refractivity contribution in [2.45, 2.75) is 43.8 Å². The van der Waals surface area contributed by atoms with Gasteiger partial charge in [-0.05, 0) is 59.5 Å². The number of benzene rings is 3. The smallest absolute Gasteiger partial charge is 0.418 e. The number of nitrogens with zero attached hydrogens (tertiary/aromatic N) is 3. The Labute approximate surface area is 260 Å². The number of sulfonamides is 1. The summed E-state index contributed by atoms with van der Waals surface area (Å²) in [5.74, 6) is -0.924. The quantitative estimate of drug-likeness (QED) is 0.184. The van der Waals surface area contributed by atoms with Gasteiger partial charge in [0.1, 0.15) is 5.82 Å². The van der Waals surface area contributed by atoms with Crippen molar-refractivity contribution in [1.82, 2.24) is 19.1 Å². The highest BCUT2D eigenvalue weighted by atomic mass is 35.5. The fourth-order valence-corrected chi connectivity index (χ4v) is 6.08. The lowest BCUT2D eigenvalue weighted by atomic mass is 10.0. The van der Waals surface area contributed by atoms with Crippen LogP contribution in [-0.2, 0) is 29.2 Å². The molecular weight excluding hydrogens is 633 g/mol. The number of carbonyl (C=O) groups is 1. The molecule has 0 atom stereocenters. The van der Waals surface area contributed by atoms with E-state index >= 15 is 0 Å². The molecule has 14 heteroatoms. The highest BCUT2D eigenvalue weighted by Gasteiger charge is 2.35. The van der Waals surface area contributed by atoms with Crippen molar-refractivity contribution >= 4 is 27.5 Å². The van der Waals surface area contributed by atoms with Crippen LogP contribution in [0.1, 0.15) is 47.3 Å². The van der Waals surface area contributed by atoms with Crippen molar-refractivity contribution in [3.8, 4) is 16.8 Å². The number of para-hydroxylation sites is 1. The topological polar surface area (TPSA) is 116 Å². The van der Waals surface area contributed by atoms with Gasteiger partial charge in [0.2, 0.25) is 0 Å². The van der Waals surface area contributed by atoms with Crippen LogP contribution in [0.4, 0.5) is 13.2 Å². The highest BCUT2D eigenvalue weighted by Crippen LogP contribution is 2.33. The number of hydrogen-bond acceptors (Lipinski definition) is 6. The fraction of sp³-hybridized carbons (Fsp3) is 0.194. The summed E-state index contributed by atoms with van der Waals surface area (Å²) in [5, 5.41) is 4.22. The van der Waals surface area contributed by atoms with E-state index < -0.39 is 33.4 Å². The third kappa shape index (κ3) is 6.89. The lowest BCUT2D eigenvalue weighted by Gasteiger charge is -2.12. The van der Waals surface area contributed by atoms with E-state index in [9.17, 15) is 31.2 Å². The molecule has 3 aromatic carbocycles. The third-order valence-corrected chi connectivity index (χ3v) is 8.53. The number of unbranched alkanes of at least 4 members (excludes halogenated alkanes) is 1. The van der Waals surface area contributed by atoms with E-state index in [2.05, 4.69) is 5.10 Å². The van der Waals surface area contributed by atoms with Crippen LogP contribution in [0.3, 0.4) is 0 Å². The largest absolute Gasteiger partial charge is 0.440 e. The number of rotatable bonds is 10. The van der Waals surface area contributed by atoms with Crippen molar-refractivity contribution < 1.29 is 30.8 Å². The molecule has 0 bridgehead atoms. The highest BCUT2D eigenvalue weighted by molar-refractivity contribution is 7.90. The van der Waals surface area contributed by atoms with Crippen LogP contribution in [0.15, 0.2) is 99.0 Å². The molecule has 0 spiro atoms. The lowest BCUT2D eigenvalue weighted by molar-refractivity contribution is -0.137. The molecule has 0 aliphatic rings. The molecule has 0 unspecified atom stereocenters. The second kappa shape index (κ2) is 12.8. The van der Waals surface area contributed by atoms with Crippen LogP contribution < -0.4 is 10.4 Å². The molecule has 234 valence electrons. The van der Waals surface area contributed by atoms with Gasteiger partial charge in [0, 0.05) is 12.0 Å². The van der Waals surface area contributed by atoms with E-state index in [4.69, 9.17) is 16.0 Å². The summed E-state index contributed by atoms with van der Waals surface area (Å²) in [6, 6.07) is 20.1. The van der Waals surface area contributed by atoms with Crippen LogP contribution >= 0.6 is 11.6 Å². The number of furan rings is 1. The van der Waals surface area contributed by atoms with Crippen molar-refractivity contribution in [3.05, 3.63) is 123 Å². The van der Waals surface area contributed by atoms with E-state index in [1.807, 2.05) is 11.6 Å². The lowest BCUT2D eigenvalue weighted by Crippen LogP contribution is -2.30. The number of aryl methyl sites for hydroxylation is 1. The first kappa shape index (κ1) is 31.8. The predicted octanol–water partition coefficient (Wildman–Crippen LogP) is 6.48. The Bertz CT molecular complexity index is 2020. The zero-order valence-electron chi connectivity index (χ0n) is 23.7. The molecule has 0 aliphatic heterocycles. The first-order chi connectivity index (χ1) is 21.4. The van der Waals surface area contributed by atoms with E-state index in [1.165, 1.54) is 47.0 Å². The zero-order chi connectivity index (χ0) is 32.4. The van der Waals surface area contributed by atoms with Gasteiger partial charge in [-0.3, -0.25) is 9.36 Å². The van der Waals surface area contributed by atoms with E-state index in [1.54, 1.807) is 36.4 Å². The normalized spacial score (nSPS) is 11.9. The molecule has 2 aromatic heterocycles. The minimum atomic E-state index is -4.68. The van der Waals surface area contributed by atoms with Crippen LogP contribution in [0.5, 0.6) is 0 Å². The molecule has 1 N–H and O–H groups in total. The van der Waals surface area contributed by atoms with Gasteiger partial charge >= 0.3 is 17.8 Å². The zero-order valence-corrected chi connectivity index (χ0v) is 25.3. The summed E-state index contributed by atoms with van der Waals surface area (Å²) in [6.45, 7) is 1.97. The summed E-state index contributed by atoms with van der Waals surface area (Å²) >= 11 is 5.69. The molecule has 0 saturated heterocycles. The molecule has 1 amide bonds. The second-order valence-corrected chi connectivity index (χ2v) is 12.1. The van der Waals surface area contributed by atoms with Crippen LogP contribution in [0, 0.1) is 0 Å². The van der Waals surface area contributed by atoms with Gasteiger partial charge in [-0.2, -0.15) is 17.9 Å². The number of carbonyl (C=O) groups excluding carboxylic acids is 1. The van der Waals surface area contributed by atoms with Gasteiger partial charge < -0.3 is 4.42 Å². The first-order valence-electron chi connectivity index (χ1n) is 13.7. The van der Waals surface area contributed by atoms with Crippen LogP contribution in [0.2, 0.25) is 5.22 Å². The van der Waals surface area contributed by atoms with Gasteiger partial charge in [-0.25, -0.2) is 17.9 Å². The van der Waals surface area contributed by atoms with Gasteiger partial charge in [-0.1, -0.05) is 67.9 Å². The van der Waals surface area contributed by atoms with Crippen LogP contribution in [0.25, 0.3) is 16.8 Å².